The molecule has 2 unspecified atom stereocenters. The maximum absolute atomic E-state index is 12.1. The van der Waals surface area contributed by atoms with Crippen molar-refractivity contribution in [2.45, 2.75) is 38.6 Å². The molecule has 1 heterocycles. The lowest BCUT2D eigenvalue weighted by Gasteiger charge is -2.29. The quantitative estimate of drug-likeness (QED) is 0.757. The summed E-state index contributed by atoms with van der Waals surface area (Å²) >= 11 is 0. The number of aryl methyl sites for hydroxylation is 1. The third-order valence-corrected chi connectivity index (χ3v) is 3.97. The molecule has 0 aliphatic heterocycles. The monoisotopic (exact) mass is 264 g/mol. The highest BCUT2D eigenvalue weighted by molar-refractivity contribution is 5.79. The molecule has 0 saturated heterocycles. The zero-order valence-corrected chi connectivity index (χ0v) is 11.4. The summed E-state index contributed by atoms with van der Waals surface area (Å²) in [4.78, 5) is 12.1. The maximum atomic E-state index is 12.1. The Morgan fingerprint density at radius 3 is 3.00 bits per heavy atom. The zero-order chi connectivity index (χ0) is 13.5. The average Bonchev–Trinajstić information content (AvgIpc) is 2.96. The standard InChI is InChI=1S/C14H24N4O/c15-11-12-5-1-2-6-13(12)14(19)16-7-3-9-18-10-4-8-17-18/h4,8,10,12-13H,1-3,5-7,9,11,15H2,(H,16,19). The number of carbonyl (C=O) groups excluding carboxylic acids is 1. The van der Waals surface area contributed by atoms with Crippen molar-refractivity contribution in [3.8, 4) is 0 Å². The molecule has 1 aliphatic rings. The van der Waals surface area contributed by atoms with E-state index < -0.39 is 0 Å². The summed E-state index contributed by atoms with van der Waals surface area (Å²) in [5.74, 6) is 0.693. The summed E-state index contributed by atoms with van der Waals surface area (Å²) in [5.41, 5.74) is 5.76. The molecule has 5 heteroatoms. The van der Waals surface area contributed by atoms with Crippen LogP contribution < -0.4 is 11.1 Å². The Balaban J connectivity index is 1.68. The summed E-state index contributed by atoms with van der Waals surface area (Å²) < 4.78 is 1.88. The van der Waals surface area contributed by atoms with Gasteiger partial charge in [-0.05, 0) is 37.8 Å². The molecular weight excluding hydrogens is 240 g/mol. The minimum atomic E-state index is 0.128. The topological polar surface area (TPSA) is 72.9 Å². The molecule has 1 aromatic heterocycles. The first-order chi connectivity index (χ1) is 9.31. The minimum Gasteiger partial charge on any atom is -0.356 e. The van der Waals surface area contributed by atoms with E-state index in [1.54, 1.807) is 6.20 Å². The second-order valence-corrected chi connectivity index (χ2v) is 5.30. The average molecular weight is 264 g/mol. The molecule has 3 N–H and O–H groups in total. The summed E-state index contributed by atoms with van der Waals surface area (Å²) in [7, 11) is 0. The number of hydrogen-bond acceptors (Lipinski definition) is 3. The Morgan fingerprint density at radius 1 is 1.42 bits per heavy atom. The van der Waals surface area contributed by atoms with Gasteiger partial charge in [0.1, 0.15) is 0 Å². The van der Waals surface area contributed by atoms with Crippen molar-refractivity contribution in [3.05, 3.63) is 18.5 Å². The van der Waals surface area contributed by atoms with E-state index >= 15 is 0 Å². The Hall–Kier alpha value is -1.36. The van der Waals surface area contributed by atoms with Gasteiger partial charge < -0.3 is 11.1 Å². The molecule has 2 rings (SSSR count). The highest BCUT2D eigenvalue weighted by Crippen LogP contribution is 2.29. The molecule has 1 amide bonds. The molecule has 0 bridgehead atoms. The molecule has 1 saturated carbocycles. The van der Waals surface area contributed by atoms with Crippen molar-refractivity contribution in [2.75, 3.05) is 13.1 Å². The van der Waals surface area contributed by atoms with E-state index in [0.717, 1.165) is 32.2 Å². The first kappa shape index (κ1) is 14.1. The van der Waals surface area contributed by atoms with Gasteiger partial charge in [0.05, 0.1) is 0 Å². The normalized spacial score (nSPS) is 23.2. The van der Waals surface area contributed by atoms with Crippen LogP contribution in [0.5, 0.6) is 0 Å². The fraction of sp³-hybridized carbons (Fsp3) is 0.714. The third-order valence-electron chi connectivity index (χ3n) is 3.97. The van der Waals surface area contributed by atoms with E-state index in [4.69, 9.17) is 5.73 Å². The van der Waals surface area contributed by atoms with Gasteiger partial charge in [0.15, 0.2) is 0 Å². The number of hydrogen-bond donors (Lipinski definition) is 2. The largest absolute Gasteiger partial charge is 0.356 e. The highest BCUT2D eigenvalue weighted by atomic mass is 16.1. The lowest BCUT2D eigenvalue weighted by Crippen LogP contribution is -2.39. The van der Waals surface area contributed by atoms with Crippen LogP contribution in [0.1, 0.15) is 32.1 Å². The maximum Gasteiger partial charge on any atom is 0.223 e. The van der Waals surface area contributed by atoms with Gasteiger partial charge in [-0.3, -0.25) is 9.48 Å². The van der Waals surface area contributed by atoms with Crippen molar-refractivity contribution in [1.29, 1.82) is 0 Å². The van der Waals surface area contributed by atoms with Gasteiger partial charge >= 0.3 is 0 Å². The zero-order valence-electron chi connectivity index (χ0n) is 11.4. The lowest BCUT2D eigenvalue weighted by molar-refractivity contribution is -0.127. The molecule has 0 spiro atoms. The van der Waals surface area contributed by atoms with Gasteiger partial charge in [-0.2, -0.15) is 5.10 Å². The summed E-state index contributed by atoms with van der Waals surface area (Å²) in [6, 6.07) is 1.91. The molecule has 1 fully saturated rings. The Bertz CT molecular complexity index is 377. The van der Waals surface area contributed by atoms with Gasteiger partial charge in [-0.15, -0.1) is 0 Å². The third kappa shape index (κ3) is 4.06. The number of nitrogens with two attached hydrogens (primary N) is 1. The van der Waals surface area contributed by atoms with E-state index in [1.807, 2.05) is 16.9 Å². The van der Waals surface area contributed by atoms with Crippen LogP contribution in [0.3, 0.4) is 0 Å². The Kier molecular flexibility index (Phi) is 5.39. The van der Waals surface area contributed by atoms with Crippen molar-refractivity contribution >= 4 is 5.91 Å². The van der Waals surface area contributed by atoms with E-state index in [2.05, 4.69) is 10.4 Å². The highest BCUT2D eigenvalue weighted by Gasteiger charge is 2.29. The van der Waals surface area contributed by atoms with Gasteiger partial charge in [0, 0.05) is 31.4 Å². The van der Waals surface area contributed by atoms with Gasteiger partial charge in [-0.1, -0.05) is 12.8 Å². The van der Waals surface area contributed by atoms with Gasteiger partial charge in [-0.25, -0.2) is 0 Å². The van der Waals surface area contributed by atoms with Crippen LogP contribution in [-0.2, 0) is 11.3 Å². The van der Waals surface area contributed by atoms with Crippen molar-refractivity contribution in [1.82, 2.24) is 15.1 Å². The van der Waals surface area contributed by atoms with Crippen LogP contribution in [-0.4, -0.2) is 28.8 Å². The molecule has 5 nitrogen and oxygen atoms in total. The second kappa shape index (κ2) is 7.28. The van der Waals surface area contributed by atoms with E-state index in [-0.39, 0.29) is 11.8 Å². The molecular formula is C14H24N4O. The molecule has 0 aromatic carbocycles. The molecule has 19 heavy (non-hydrogen) atoms. The van der Waals surface area contributed by atoms with Crippen molar-refractivity contribution < 1.29 is 4.79 Å². The molecule has 106 valence electrons. The van der Waals surface area contributed by atoms with E-state index in [0.29, 0.717) is 19.0 Å². The van der Waals surface area contributed by atoms with E-state index in [1.165, 1.54) is 6.42 Å². The van der Waals surface area contributed by atoms with Crippen LogP contribution >= 0.6 is 0 Å². The fourth-order valence-electron chi connectivity index (χ4n) is 2.85. The fourth-order valence-corrected chi connectivity index (χ4v) is 2.85. The number of rotatable bonds is 6. The minimum absolute atomic E-state index is 0.128. The predicted molar refractivity (Wildman–Crippen MR) is 74.4 cm³/mol. The first-order valence-electron chi connectivity index (χ1n) is 7.26. The van der Waals surface area contributed by atoms with Gasteiger partial charge in [0.25, 0.3) is 0 Å². The number of aromatic nitrogens is 2. The summed E-state index contributed by atoms with van der Waals surface area (Å²) in [6.07, 6.45) is 9.08. The Morgan fingerprint density at radius 2 is 2.26 bits per heavy atom. The summed E-state index contributed by atoms with van der Waals surface area (Å²) in [6.45, 7) is 2.19. The predicted octanol–water partition coefficient (Wildman–Crippen LogP) is 1.15. The molecule has 1 aromatic rings. The van der Waals surface area contributed by atoms with Crippen molar-refractivity contribution in [3.63, 3.8) is 0 Å². The lowest BCUT2D eigenvalue weighted by atomic mass is 9.79. The van der Waals surface area contributed by atoms with Crippen LogP contribution in [0.2, 0.25) is 0 Å². The molecule has 1 aliphatic carbocycles. The Labute approximate surface area is 114 Å². The SMILES string of the molecule is NCC1CCCCC1C(=O)NCCCn1cccn1. The second-order valence-electron chi connectivity index (χ2n) is 5.30. The number of nitrogens with one attached hydrogen (secondary N) is 1. The molecule has 2 atom stereocenters. The number of carbonyl (C=O) groups is 1. The number of nitrogens with zero attached hydrogens (tertiary/aromatic N) is 2. The van der Waals surface area contributed by atoms with Crippen LogP contribution in [0.15, 0.2) is 18.5 Å². The summed E-state index contributed by atoms with van der Waals surface area (Å²) in [5, 5.41) is 7.18. The first-order valence-corrected chi connectivity index (χ1v) is 7.26. The van der Waals surface area contributed by atoms with Crippen LogP contribution in [0.25, 0.3) is 0 Å². The smallest absolute Gasteiger partial charge is 0.223 e. The van der Waals surface area contributed by atoms with E-state index in [9.17, 15) is 4.79 Å². The van der Waals surface area contributed by atoms with Gasteiger partial charge in [0.2, 0.25) is 5.91 Å². The number of amides is 1. The van der Waals surface area contributed by atoms with Crippen LogP contribution in [0.4, 0.5) is 0 Å². The van der Waals surface area contributed by atoms with Crippen molar-refractivity contribution in [2.24, 2.45) is 17.6 Å². The van der Waals surface area contributed by atoms with Crippen LogP contribution in [0, 0.1) is 11.8 Å². The molecule has 0 radical (unpaired) electrons.